The number of fused-ring (bicyclic) bond motifs is 2. The predicted molar refractivity (Wildman–Crippen MR) is 78.4 cm³/mol. The van der Waals surface area contributed by atoms with Gasteiger partial charge in [-0.3, -0.25) is 0 Å². The van der Waals surface area contributed by atoms with Gasteiger partial charge in [0, 0.05) is 19.1 Å². The molecule has 2 fully saturated rings. The number of aromatic nitrogens is 3. The van der Waals surface area contributed by atoms with Gasteiger partial charge < -0.3 is 10.6 Å². The first kappa shape index (κ1) is 12.0. The van der Waals surface area contributed by atoms with Gasteiger partial charge in [0.2, 0.25) is 5.95 Å². The third-order valence-electron chi connectivity index (χ3n) is 4.79. The van der Waals surface area contributed by atoms with E-state index in [1.54, 1.807) is 0 Å². The summed E-state index contributed by atoms with van der Waals surface area (Å²) in [5.41, 5.74) is 8.03. The molecule has 0 spiro atoms. The molecule has 2 heterocycles. The van der Waals surface area contributed by atoms with Crippen molar-refractivity contribution in [1.29, 1.82) is 0 Å². The van der Waals surface area contributed by atoms with Gasteiger partial charge in [-0.25, -0.2) is 4.98 Å². The SMILES string of the molecule is NC1CCCC2CN(c3nnc4ccccc4n3)CC12. The summed E-state index contributed by atoms with van der Waals surface area (Å²) in [6, 6.07) is 8.22. The van der Waals surface area contributed by atoms with Crippen molar-refractivity contribution in [3.8, 4) is 0 Å². The Hall–Kier alpha value is -1.75. The summed E-state index contributed by atoms with van der Waals surface area (Å²) >= 11 is 0. The monoisotopic (exact) mass is 269 g/mol. The van der Waals surface area contributed by atoms with Crippen LogP contribution in [0.15, 0.2) is 24.3 Å². The number of anilines is 1. The maximum atomic E-state index is 6.27. The van der Waals surface area contributed by atoms with Crippen LogP contribution in [0.25, 0.3) is 11.0 Å². The van der Waals surface area contributed by atoms with Crippen LogP contribution in [0, 0.1) is 11.8 Å². The third kappa shape index (κ3) is 1.93. The number of hydrogen-bond donors (Lipinski definition) is 1. The van der Waals surface area contributed by atoms with E-state index in [0.29, 0.717) is 17.9 Å². The quantitative estimate of drug-likeness (QED) is 0.851. The number of rotatable bonds is 1. The molecule has 2 N–H and O–H groups in total. The van der Waals surface area contributed by atoms with Crippen molar-refractivity contribution in [2.45, 2.75) is 25.3 Å². The molecule has 20 heavy (non-hydrogen) atoms. The lowest BCUT2D eigenvalue weighted by Crippen LogP contribution is -2.38. The molecule has 5 heteroatoms. The van der Waals surface area contributed by atoms with Gasteiger partial charge in [0.15, 0.2) is 0 Å². The Morgan fingerprint density at radius 3 is 2.75 bits per heavy atom. The Bertz CT molecular complexity index is 628. The zero-order chi connectivity index (χ0) is 13.5. The summed E-state index contributed by atoms with van der Waals surface area (Å²) < 4.78 is 0. The minimum atomic E-state index is 0.340. The average Bonchev–Trinajstić information content (AvgIpc) is 2.92. The number of benzene rings is 1. The maximum absolute atomic E-state index is 6.27. The Morgan fingerprint density at radius 1 is 1.05 bits per heavy atom. The highest BCUT2D eigenvalue weighted by Gasteiger charge is 2.39. The summed E-state index contributed by atoms with van der Waals surface area (Å²) in [6.45, 7) is 2.00. The molecule has 3 unspecified atom stereocenters. The molecule has 0 radical (unpaired) electrons. The van der Waals surface area contributed by atoms with Crippen molar-refractivity contribution in [1.82, 2.24) is 15.2 Å². The topological polar surface area (TPSA) is 67.9 Å². The molecule has 3 atom stereocenters. The second-order valence-corrected chi connectivity index (χ2v) is 6.02. The molecule has 1 aromatic heterocycles. The van der Waals surface area contributed by atoms with Crippen LogP contribution in [0.5, 0.6) is 0 Å². The molecule has 1 aliphatic carbocycles. The summed E-state index contributed by atoms with van der Waals surface area (Å²) in [5, 5.41) is 8.57. The molecule has 1 saturated heterocycles. The van der Waals surface area contributed by atoms with Gasteiger partial charge in [-0.1, -0.05) is 18.6 Å². The van der Waals surface area contributed by atoms with Crippen LogP contribution in [-0.4, -0.2) is 34.3 Å². The fourth-order valence-electron chi connectivity index (χ4n) is 3.69. The summed E-state index contributed by atoms with van der Waals surface area (Å²) in [7, 11) is 0. The smallest absolute Gasteiger partial charge is 0.245 e. The average molecular weight is 269 g/mol. The number of nitrogens with two attached hydrogens (primary N) is 1. The molecule has 1 saturated carbocycles. The van der Waals surface area contributed by atoms with Gasteiger partial charge in [-0.05, 0) is 36.8 Å². The van der Waals surface area contributed by atoms with Crippen molar-refractivity contribution in [3.05, 3.63) is 24.3 Å². The van der Waals surface area contributed by atoms with Crippen LogP contribution in [-0.2, 0) is 0 Å². The van der Waals surface area contributed by atoms with Crippen LogP contribution >= 0.6 is 0 Å². The fraction of sp³-hybridized carbons (Fsp3) is 0.533. The molecule has 5 nitrogen and oxygen atoms in total. The van der Waals surface area contributed by atoms with Crippen LogP contribution < -0.4 is 10.6 Å². The van der Waals surface area contributed by atoms with Gasteiger partial charge in [-0.15, -0.1) is 10.2 Å². The highest BCUT2D eigenvalue weighted by atomic mass is 15.3. The molecule has 104 valence electrons. The van der Waals surface area contributed by atoms with E-state index in [9.17, 15) is 0 Å². The molecule has 1 aliphatic heterocycles. The van der Waals surface area contributed by atoms with E-state index >= 15 is 0 Å². The van der Waals surface area contributed by atoms with Gasteiger partial charge in [0.1, 0.15) is 5.52 Å². The van der Waals surface area contributed by atoms with E-state index in [0.717, 1.165) is 36.5 Å². The van der Waals surface area contributed by atoms with E-state index in [1.807, 2.05) is 24.3 Å². The van der Waals surface area contributed by atoms with E-state index in [4.69, 9.17) is 5.73 Å². The van der Waals surface area contributed by atoms with E-state index in [2.05, 4.69) is 20.1 Å². The first-order valence-electron chi connectivity index (χ1n) is 7.41. The van der Waals surface area contributed by atoms with Gasteiger partial charge in [-0.2, -0.15) is 0 Å². The normalized spacial score (nSPS) is 29.6. The van der Waals surface area contributed by atoms with Crippen LogP contribution in [0.2, 0.25) is 0 Å². The van der Waals surface area contributed by atoms with Gasteiger partial charge in [0.25, 0.3) is 0 Å². The number of nitrogens with zero attached hydrogens (tertiary/aromatic N) is 4. The van der Waals surface area contributed by atoms with Crippen molar-refractivity contribution < 1.29 is 0 Å². The highest BCUT2D eigenvalue weighted by molar-refractivity contribution is 5.74. The Balaban J connectivity index is 1.63. The molecule has 2 aliphatic rings. The molecule has 1 aromatic carbocycles. The van der Waals surface area contributed by atoms with Crippen molar-refractivity contribution >= 4 is 17.0 Å². The largest absolute Gasteiger partial charge is 0.339 e. The number of para-hydroxylation sites is 1. The summed E-state index contributed by atoms with van der Waals surface area (Å²) in [5.74, 6) is 2.05. The third-order valence-corrected chi connectivity index (χ3v) is 4.79. The standard InChI is InChI=1S/C15H19N5/c16-12-5-3-4-10-8-20(9-11(10)12)15-17-13-6-1-2-7-14(13)18-19-15/h1-2,6-7,10-12H,3-5,8-9,16H2. The summed E-state index contributed by atoms with van der Waals surface area (Å²) in [4.78, 5) is 6.92. The maximum Gasteiger partial charge on any atom is 0.245 e. The second-order valence-electron chi connectivity index (χ2n) is 6.02. The lowest BCUT2D eigenvalue weighted by Gasteiger charge is -2.29. The number of hydrogen-bond acceptors (Lipinski definition) is 5. The molecule has 2 aromatic rings. The Morgan fingerprint density at radius 2 is 1.90 bits per heavy atom. The zero-order valence-corrected chi connectivity index (χ0v) is 11.4. The molecule has 4 rings (SSSR count). The second kappa shape index (κ2) is 4.66. The molecular formula is C15H19N5. The van der Waals surface area contributed by atoms with E-state index in [1.165, 1.54) is 12.8 Å². The van der Waals surface area contributed by atoms with Crippen LogP contribution in [0.4, 0.5) is 5.95 Å². The fourth-order valence-corrected chi connectivity index (χ4v) is 3.69. The van der Waals surface area contributed by atoms with Crippen molar-refractivity contribution in [3.63, 3.8) is 0 Å². The molecule has 0 amide bonds. The molecular weight excluding hydrogens is 250 g/mol. The Labute approximate surface area is 118 Å². The predicted octanol–water partition coefficient (Wildman–Crippen LogP) is 1.59. The first-order chi connectivity index (χ1) is 9.81. The van der Waals surface area contributed by atoms with Crippen molar-refractivity contribution in [2.75, 3.05) is 18.0 Å². The van der Waals surface area contributed by atoms with Crippen LogP contribution in [0.3, 0.4) is 0 Å². The minimum absolute atomic E-state index is 0.340. The minimum Gasteiger partial charge on any atom is -0.339 e. The zero-order valence-electron chi connectivity index (χ0n) is 11.4. The van der Waals surface area contributed by atoms with Crippen LogP contribution in [0.1, 0.15) is 19.3 Å². The Kier molecular flexibility index (Phi) is 2.80. The van der Waals surface area contributed by atoms with Gasteiger partial charge >= 0.3 is 0 Å². The highest BCUT2D eigenvalue weighted by Crippen LogP contribution is 2.36. The van der Waals surface area contributed by atoms with E-state index < -0.39 is 0 Å². The first-order valence-corrected chi connectivity index (χ1v) is 7.41. The lowest BCUT2D eigenvalue weighted by atomic mass is 9.78. The molecule has 0 bridgehead atoms. The van der Waals surface area contributed by atoms with E-state index in [-0.39, 0.29) is 0 Å². The summed E-state index contributed by atoms with van der Waals surface area (Å²) in [6.07, 6.45) is 3.70. The van der Waals surface area contributed by atoms with Gasteiger partial charge in [0.05, 0.1) is 5.52 Å². The lowest BCUT2D eigenvalue weighted by molar-refractivity contribution is 0.260. The van der Waals surface area contributed by atoms with Crippen molar-refractivity contribution in [2.24, 2.45) is 17.6 Å².